The SMILES string of the molecule is Cc1cc(C(=O)NCC2CCCN(c3cc(=O)[nH]cn3)C2)cc(C)n1. The highest BCUT2D eigenvalue weighted by Gasteiger charge is 2.22. The van der Waals surface area contributed by atoms with Gasteiger partial charge in [0.15, 0.2) is 0 Å². The molecule has 3 rings (SSSR count). The van der Waals surface area contributed by atoms with Gasteiger partial charge < -0.3 is 15.2 Å². The van der Waals surface area contributed by atoms with Gasteiger partial charge in [0.05, 0.1) is 6.33 Å². The summed E-state index contributed by atoms with van der Waals surface area (Å²) in [5.74, 6) is 0.961. The lowest BCUT2D eigenvalue weighted by molar-refractivity contribution is 0.0945. The molecule has 1 fully saturated rings. The Morgan fingerprint density at radius 3 is 2.80 bits per heavy atom. The van der Waals surface area contributed by atoms with Crippen LogP contribution in [-0.4, -0.2) is 40.5 Å². The van der Waals surface area contributed by atoms with Crippen LogP contribution in [0.4, 0.5) is 5.82 Å². The summed E-state index contributed by atoms with van der Waals surface area (Å²) < 4.78 is 0. The summed E-state index contributed by atoms with van der Waals surface area (Å²) in [4.78, 5) is 37.0. The van der Waals surface area contributed by atoms with E-state index in [1.54, 1.807) is 12.1 Å². The van der Waals surface area contributed by atoms with E-state index in [1.807, 2.05) is 13.8 Å². The van der Waals surface area contributed by atoms with E-state index >= 15 is 0 Å². The molecule has 1 amide bonds. The quantitative estimate of drug-likeness (QED) is 0.878. The van der Waals surface area contributed by atoms with Crippen molar-refractivity contribution in [2.24, 2.45) is 5.92 Å². The number of piperidine rings is 1. The van der Waals surface area contributed by atoms with E-state index in [0.717, 1.165) is 37.3 Å². The van der Waals surface area contributed by atoms with Gasteiger partial charge in [0, 0.05) is 42.7 Å². The van der Waals surface area contributed by atoms with Crippen LogP contribution in [0.25, 0.3) is 0 Å². The normalized spacial score (nSPS) is 17.4. The van der Waals surface area contributed by atoms with E-state index in [2.05, 4.69) is 25.2 Å². The van der Waals surface area contributed by atoms with Gasteiger partial charge in [-0.25, -0.2) is 4.98 Å². The van der Waals surface area contributed by atoms with Crippen molar-refractivity contribution in [2.75, 3.05) is 24.5 Å². The molecule has 0 bridgehead atoms. The van der Waals surface area contributed by atoms with E-state index in [0.29, 0.717) is 23.8 Å². The summed E-state index contributed by atoms with van der Waals surface area (Å²) in [5.41, 5.74) is 2.18. The van der Waals surface area contributed by atoms with Crippen LogP contribution in [0.2, 0.25) is 0 Å². The van der Waals surface area contributed by atoms with Crippen molar-refractivity contribution in [1.29, 1.82) is 0 Å². The third-order valence-corrected chi connectivity index (χ3v) is 4.40. The van der Waals surface area contributed by atoms with E-state index in [4.69, 9.17) is 0 Å². The highest BCUT2D eigenvalue weighted by molar-refractivity contribution is 5.94. The molecule has 0 spiro atoms. The highest BCUT2D eigenvalue weighted by atomic mass is 16.1. The molecular formula is C18H23N5O2. The minimum absolute atomic E-state index is 0.0694. The van der Waals surface area contributed by atoms with Crippen LogP contribution in [0.5, 0.6) is 0 Å². The summed E-state index contributed by atoms with van der Waals surface area (Å²) in [5, 5.41) is 3.02. The van der Waals surface area contributed by atoms with Crippen LogP contribution < -0.4 is 15.8 Å². The summed E-state index contributed by atoms with van der Waals surface area (Å²) in [7, 11) is 0. The maximum atomic E-state index is 12.4. The number of anilines is 1. The smallest absolute Gasteiger partial charge is 0.252 e. The number of H-pyrrole nitrogens is 1. The van der Waals surface area contributed by atoms with E-state index in [9.17, 15) is 9.59 Å². The number of carbonyl (C=O) groups is 1. The molecule has 1 aliphatic heterocycles. The third-order valence-electron chi connectivity index (χ3n) is 4.40. The first kappa shape index (κ1) is 17.1. The first-order chi connectivity index (χ1) is 12.0. The number of aromatic nitrogens is 3. The van der Waals surface area contributed by atoms with Gasteiger partial charge in [0.1, 0.15) is 5.82 Å². The van der Waals surface area contributed by atoms with Crippen LogP contribution in [0, 0.1) is 19.8 Å². The Hall–Kier alpha value is -2.70. The van der Waals surface area contributed by atoms with Gasteiger partial charge in [0.2, 0.25) is 0 Å². The second-order valence-corrected chi connectivity index (χ2v) is 6.57. The minimum atomic E-state index is -0.149. The number of hydrogen-bond acceptors (Lipinski definition) is 5. The summed E-state index contributed by atoms with van der Waals surface area (Å²) in [6, 6.07) is 5.12. The molecule has 2 aromatic rings. The lowest BCUT2D eigenvalue weighted by atomic mass is 9.98. The Bertz CT molecular complexity index is 797. The molecule has 3 heterocycles. The zero-order valence-electron chi connectivity index (χ0n) is 14.6. The van der Waals surface area contributed by atoms with E-state index in [1.165, 1.54) is 12.4 Å². The summed E-state index contributed by atoms with van der Waals surface area (Å²) >= 11 is 0. The lowest BCUT2D eigenvalue weighted by Gasteiger charge is -2.33. The molecule has 1 atom stereocenters. The van der Waals surface area contributed by atoms with E-state index < -0.39 is 0 Å². The van der Waals surface area contributed by atoms with Crippen molar-refractivity contribution in [3.8, 4) is 0 Å². The zero-order valence-corrected chi connectivity index (χ0v) is 14.6. The number of pyridine rings is 1. The molecule has 0 aromatic carbocycles. The molecule has 1 aliphatic rings. The van der Waals surface area contributed by atoms with Crippen LogP contribution in [-0.2, 0) is 0 Å². The van der Waals surface area contributed by atoms with Crippen LogP contribution in [0.1, 0.15) is 34.6 Å². The van der Waals surface area contributed by atoms with Gasteiger partial charge in [-0.15, -0.1) is 0 Å². The van der Waals surface area contributed by atoms with E-state index in [-0.39, 0.29) is 11.5 Å². The first-order valence-electron chi connectivity index (χ1n) is 8.54. The lowest BCUT2D eigenvalue weighted by Crippen LogP contribution is -2.41. The largest absolute Gasteiger partial charge is 0.356 e. The molecule has 2 N–H and O–H groups in total. The summed E-state index contributed by atoms with van der Waals surface area (Å²) in [6.07, 6.45) is 3.49. The molecular weight excluding hydrogens is 318 g/mol. The molecule has 0 radical (unpaired) electrons. The Kier molecular flexibility index (Phi) is 5.11. The van der Waals surface area contributed by atoms with Crippen molar-refractivity contribution in [1.82, 2.24) is 20.3 Å². The number of amides is 1. The second-order valence-electron chi connectivity index (χ2n) is 6.57. The Balaban J connectivity index is 1.59. The zero-order chi connectivity index (χ0) is 17.8. The Morgan fingerprint density at radius 2 is 2.08 bits per heavy atom. The van der Waals surface area contributed by atoms with Crippen LogP contribution in [0.15, 0.2) is 29.3 Å². The van der Waals surface area contributed by atoms with Crippen LogP contribution in [0.3, 0.4) is 0 Å². The first-order valence-corrected chi connectivity index (χ1v) is 8.54. The van der Waals surface area contributed by atoms with Gasteiger partial charge >= 0.3 is 0 Å². The van der Waals surface area contributed by atoms with Crippen molar-refractivity contribution < 1.29 is 4.79 Å². The van der Waals surface area contributed by atoms with Crippen molar-refractivity contribution in [3.63, 3.8) is 0 Å². The van der Waals surface area contributed by atoms with Crippen LogP contribution >= 0.6 is 0 Å². The molecule has 7 heteroatoms. The maximum absolute atomic E-state index is 12.4. The van der Waals surface area contributed by atoms with Crippen molar-refractivity contribution in [2.45, 2.75) is 26.7 Å². The van der Waals surface area contributed by atoms with Crippen molar-refractivity contribution in [3.05, 3.63) is 51.8 Å². The second kappa shape index (κ2) is 7.46. The fraction of sp³-hybridized carbons (Fsp3) is 0.444. The molecule has 1 saturated heterocycles. The fourth-order valence-electron chi connectivity index (χ4n) is 3.28. The number of aromatic amines is 1. The monoisotopic (exact) mass is 341 g/mol. The third kappa shape index (κ3) is 4.43. The maximum Gasteiger partial charge on any atom is 0.252 e. The fourth-order valence-corrected chi connectivity index (χ4v) is 3.28. The number of carbonyl (C=O) groups excluding carboxylic acids is 1. The molecule has 7 nitrogen and oxygen atoms in total. The molecule has 25 heavy (non-hydrogen) atoms. The molecule has 2 aromatic heterocycles. The predicted molar refractivity (Wildman–Crippen MR) is 95.8 cm³/mol. The van der Waals surface area contributed by atoms with Gasteiger partial charge in [-0.1, -0.05) is 0 Å². The van der Waals surface area contributed by atoms with Gasteiger partial charge in [0.25, 0.3) is 11.5 Å². The van der Waals surface area contributed by atoms with Gasteiger partial charge in [-0.05, 0) is 44.7 Å². The predicted octanol–water partition coefficient (Wildman–Crippen LogP) is 1.43. The Morgan fingerprint density at radius 1 is 1.32 bits per heavy atom. The molecule has 0 saturated carbocycles. The summed E-state index contributed by atoms with van der Waals surface area (Å²) in [6.45, 7) is 6.04. The Labute approximate surface area is 146 Å². The number of hydrogen-bond donors (Lipinski definition) is 2. The topological polar surface area (TPSA) is 91.0 Å². The van der Waals surface area contributed by atoms with Crippen molar-refractivity contribution >= 4 is 11.7 Å². The average Bonchev–Trinajstić information content (AvgIpc) is 2.59. The number of rotatable bonds is 4. The molecule has 132 valence electrons. The number of nitrogens with zero attached hydrogens (tertiary/aromatic N) is 3. The van der Waals surface area contributed by atoms with Gasteiger partial charge in [-0.2, -0.15) is 0 Å². The highest BCUT2D eigenvalue weighted by Crippen LogP contribution is 2.20. The standard InChI is InChI=1S/C18H23N5O2/c1-12-6-15(7-13(2)22-12)18(25)19-9-14-4-3-5-23(10-14)16-8-17(24)21-11-20-16/h6-8,11,14H,3-5,9-10H2,1-2H3,(H,19,25)(H,20,21,24). The average molecular weight is 341 g/mol. The molecule has 1 unspecified atom stereocenters. The minimum Gasteiger partial charge on any atom is -0.356 e. The number of aryl methyl sites for hydroxylation is 2. The van der Waals surface area contributed by atoms with Gasteiger partial charge in [-0.3, -0.25) is 14.6 Å². The number of nitrogens with one attached hydrogen (secondary N) is 2. The molecule has 0 aliphatic carbocycles.